The van der Waals surface area contributed by atoms with Crippen molar-refractivity contribution in [3.05, 3.63) is 29.8 Å². The minimum absolute atomic E-state index is 0.107. The zero-order valence-electron chi connectivity index (χ0n) is 14.0. The zero-order valence-corrected chi connectivity index (χ0v) is 14.0. The first-order chi connectivity index (χ1) is 9.58. The van der Waals surface area contributed by atoms with Gasteiger partial charge in [-0.3, -0.25) is 4.79 Å². The fourth-order valence-electron chi connectivity index (χ4n) is 1.96. The van der Waals surface area contributed by atoms with E-state index in [1.807, 2.05) is 45.0 Å². The van der Waals surface area contributed by atoms with Gasteiger partial charge in [0.15, 0.2) is 0 Å². The molecule has 0 saturated carbocycles. The van der Waals surface area contributed by atoms with Crippen molar-refractivity contribution in [1.29, 1.82) is 0 Å². The van der Waals surface area contributed by atoms with Crippen molar-refractivity contribution in [2.75, 3.05) is 13.7 Å². The van der Waals surface area contributed by atoms with Crippen LogP contribution in [0.15, 0.2) is 24.3 Å². The minimum Gasteiger partial charge on any atom is -0.497 e. The SMILES string of the molecule is COc1ccc(C(C)(C)CNC(=O)[C@@H](N)C(C)(C)C)cc1. The van der Waals surface area contributed by atoms with E-state index < -0.39 is 6.04 Å². The average Bonchev–Trinajstić information content (AvgIpc) is 2.43. The molecule has 4 nitrogen and oxygen atoms in total. The van der Waals surface area contributed by atoms with Crippen LogP contribution in [0.4, 0.5) is 0 Å². The molecule has 1 amide bonds. The summed E-state index contributed by atoms with van der Waals surface area (Å²) < 4.78 is 5.16. The standard InChI is InChI=1S/C17H28N2O2/c1-16(2,3)14(18)15(20)19-11-17(4,5)12-7-9-13(21-6)10-8-12/h7-10,14H,11,18H2,1-6H3,(H,19,20)/t14-/m1/s1. The first-order valence-electron chi connectivity index (χ1n) is 7.26. The number of nitrogens with two attached hydrogens (primary N) is 1. The fourth-order valence-corrected chi connectivity index (χ4v) is 1.96. The van der Waals surface area contributed by atoms with E-state index in [2.05, 4.69) is 19.2 Å². The molecule has 21 heavy (non-hydrogen) atoms. The van der Waals surface area contributed by atoms with E-state index in [-0.39, 0.29) is 16.7 Å². The molecule has 0 radical (unpaired) electrons. The number of methoxy groups -OCH3 is 1. The Morgan fingerprint density at radius 1 is 1.19 bits per heavy atom. The molecule has 0 aliphatic heterocycles. The number of carbonyl (C=O) groups excluding carboxylic acids is 1. The number of benzene rings is 1. The Morgan fingerprint density at radius 3 is 2.14 bits per heavy atom. The van der Waals surface area contributed by atoms with Gasteiger partial charge in [0.05, 0.1) is 13.2 Å². The molecule has 1 rings (SSSR count). The van der Waals surface area contributed by atoms with Gasteiger partial charge < -0.3 is 15.8 Å². The summed E-state index contributed by atoms with van der Waals surface area (Å²) in [5.74, 6) is 0.720. The maximum Gasteiger partial charge on any atom is 0.237 e. The Labute approximate surface area is 128 Å². The van der Waals surface area contributed by atoms with Gasteiger partial charge in [-0.25, -0.2) is 0 Å². The van der Waals surface area contributed by atoms with Crippen molar-refractivity contribution in [2.45, 2.75) is 46.1 Å². The maximum absolute atomic E-state index is 12.1. The van der Waals surface area contributed by atoms with Crippen molar-refractivity contribution < 1.29 is 9.53 Å². The van der Waals surface area contributed by atoms with E-state index in [1.165, 1.54) is 0 Å². The predicted octanol–water partition coefficient (Wildman–Crippen LogP) is 2.46. The summed E-state index contributed by atoms with van der Waals surface area (Å²) in [6, 6.07) is 7.40. The fraction of sp³-hybridized carbons (Fsp3) is 0.588. The number of carbonyl (C=O) groups is 1. The monoisotopic (exact) mass is 292 g/mol. The van der Waals surface area contributed by atoms with Crippen molar-refractivity contribution in [2.24, 2.45) is 11.1 Å². The van der Waals surface area contributed by atoms with E-state index >= 15 is 0 Å². The van der Waals surface area contributed by atoms with E-state index in [4.69, 9.17) is 10.5 Å². The number of hydrogen-bond donors (Lipinski definition) is 2. The second kappa shape index (κ2) is 6.48. The Kier molecular flexibility index (Phi) is 5.40. The highest BCUT2D eigenvalue weighted by Gasteiger charge is 2.29. The molecule has 0 bridgehead atoms. The van der Waals surface area contributed by atoms with Crippen LogP contribution in [0.2, 0.25) is 0 Å². The Hall–Kier alpha value is -1.55. The second-order valence-corrected chi connectivity index (χ2v) is 7.17. The molecule has 0 aliphatic rings. The van der Waals surface area contributed by atoms with Crippen LogP contribution in [-0.4, -0.2) is 25.6 Å². The molecule has 0 fully saturated rings. The van der Waals surface area contributed by atoms with Crippen LogP contribution in [0.1, 0.15) is 40.2 Å². The smallest absolute Gasteiger partial charge is 0.237 e. The van der Waals surface area contributed by atoms with Crippen molar-refractivity contribution in [3.8, 4) is 5.75 Å². The maximum atomic E-state index is 12.1. The Balaban J connectivity index is 2.70. The summed E-state index contributed by atoms with van der Waals surface area (Å²) in [7, 11) is 1.65. The van der Waals surface area contributed by atoms with Crippen LogP contribution >= 0.6 is 0 Å². The van der Waals surface area contributed by atoms with Gasteiger partial charge in [0.1, 0.15) is 5.75 Å². The zero-order chi connectivity index (χ0) is 16.3. The molecule has 4 heteroatoms. The third-order valence-electron chi connectivity index (χ3n) is 3.79. The summed E-state index contributed by atoms with van der Waals surface area (Å²) in [4.78, 5) is 12.1. The predicted molar refractivity (Wildman–Crippen MR) is 86.5 cm³/mol. The van der Waals surface area contributed by atoms with Gasteiger partial charge in [-0.05, 0) is 23.1 Å². The number of rotatable bonds is 5. The summed E-state index contributed by atoms with van der Waals surface area (Å²) in [5.41, 5.74) is 6.71. The average molecular weight is 292 g/mol. The third-order valence-corrected chi connectivity index (χ3v) is 3.79. The molecule has 0 saturated heterocycles. The molecule has 118 valence electrons. The normalized spacial score (nSPS) is 13.7. The number of nitrogens with one attached hydrogen (secondary N) is 1. The molecular formula is C17H28N2O2. The van der Waals surface area contributed by atoms with Crippen molar-refractivity contribution in [3.63, 3.8) is 0 Å². The van der Waals surface area contributed by atoms with Crippen molar-refractivity contribution in [1.82, 2.24) is 5.32 Å². The minimum atomic E-state index is -0.510. The van der Waals surface area contributed by atoms with Gasteiger partial charge in [-0.15, -0.1) is 0 Å². The van der Waals surface area contributed by atoms with Crippen LogP contribution in [0.25, 0.3) is 0 Å². The quantitative estimate of drug-likeness (QED) is 0.876. The van der Waals surface area contributed by atoms with Crippen LogP contribution < -0.4 is 15.8 Å². The molecule has 0 aromatic heterocycles. The van der Waals surface area contributed by atoms with E-state index in [0.29, 0.717) is 6.54 Å². The summed E-state index contributed by atoms with van der Waals surface area (Å²) in [6.07, 6.45) is 0. The van der Waals surface area contributed by atoms with E-state index in [0.717, 1.165) is 11.3 Å². The summed E-state index contributed by atoms with van der Waals surface area (Å²) in [6.45, 7) is 10.6. The highest BCUT2D eigenvalue weighted by molar-refractivity contribution is 5.82. The molecular weight excluding hydrogens is 264 g/mol. The van der Waals surface area contributed by atoms with Gasteiger partial charge >= 0.3 is 0 Å². The van der Waals surface area contributed by atoms with Gasteiger partial charge in [0.2, 0.25) is 5.91 Å². The lowest BCUT2D eigenvalue weighted by Crippen LogP contribution is -2.50. The molecule has 0 heterocycles. The first-order valence-corrected chi connectivity index (χ1v) is 7.26. The van der Waals surface area contributed by atoms with Crippen LogP contribution in [0.3, 0.4) is 0 Å². The largest absolute Gasteiger partial charge is 0.497 e. The number of hydrogen-bond acceptors (Lipinski definition) is 3. The van der Waals surface area contributed by atoms with Gasteiger partial charge in [0, 0.05) is 12.0 Å². The Morgan fingerprint density at radius 2 is 1.71 bits per heavy atom. The van der Waals surface area contributed by atoms with Crippen LogP contribution in [-0.2, 0) is 10.2 Å². The number of ether oxygens (including phenoxy) is 1. The third kappa shape index (κ3) is 4.74. The molecule has 0 aliphatic carbocycles. The molecule has 0 spiro atoms. The van der Waals surface area contributed by atoms with Gasteiger partial charge in [-0.2, -0.15) is 0 Å². The van der Waals surface area contributed by atoms with Gasteiger partial charge in [-0.1, -0.05) is 46.8 Å². The topological polar surface area (TPSA) is 64.3 Å². The summed E-state index contributed by atoms with van der Waals surface area (Å²) in [5, 5.41) is 2.96. The lowest BCUT2D eigenvalue weighted by Gasteiger charge is -2.30. The molecule has 1 atom stereocenters. The highest BCUT2D eigenvalue weighted by atomic mass is 16.5. The first kappa shape index (κ1) is 17.5. The van der Waals surface area contributed by atoms with E-state index in [9.17, 15) is 4.79 Å². The van der Waals surface area contributed by atoms with E-state index in [1.54, 1.807) is 7.11 Å². The molecule has 1 aromatic carbocycles. The van der Waals surface area contributed by atoms with Crippen LogP contribution in [0, 0.1) is 5.41 Å². The lowest BCUT2D eigenvalue weighted by molar-refractivity contribution is -0.124. The van der Waals surface area contributed by atoms with Gasteiger partial charge in [0.25, 0.3) is 0 Å². The molecule has 0 unspecified atom stereocenters. The Bertz CT molecular complexity index is 473. The number of amides is 1. The summed E-state index contributed by atoms with van der Waals surface area (Å²) >= 11 is 0. The molecule has 3 N–H and O–H groups in total. The second-order valence-electron chi connectivity index (χ2n) is 7.17. The molecule has 1 aromatic rings. The van der Waals surface area contributed by atoms with Crippen LogP contribution in [0.5, 0.6) is 5.75 Å². The highest BCUT2D eigenvalue weighted by Crippen LogP contribution is 2.25. The lowest BCUT2D eigenvalue weighted by atomic mass is 9.83. The van der Waals surface area contributed by atoms with Crippen molar-refractivity contribution >= 4 is 5.91 Å².